The van der Waals surface area contributed by atoms with E-state index in [4.69, 9.17) is 18.9 Å². The third-order valence-corrected chi connectivity index (χ3v) is 3.38. The first-order valence-corrected chi connectivity index (χ1v) is 7.47. The van der Waals surface area contributed by atoms with Gasteiger partial charge in [-0.05, 0) is 65.6 Å². The molecule has 0 aromatic carbocycles. The second-order valence-electron chi connectivity index (χ2n) is 5.39. The van der Waals surface area contributed by atoms with Gasteiger partial charge in [-0.3, -0.25) is 0 Å². The molecule has 0 spiro atoms. The van der Waals surface area contributed by atoms with Crippen molar-refractivity contribution < 1.29 is 18.9 Å². The molecule has 2 heterocycles. The maximum Gasteiger partial charge on any atom is 0.164 e. The third-order valence-electron chi connectivity index (χ3n) is 2.85. The molecule has 0 aromatic heterocycles. The minimum atomic E-state index is -0.614. The van der Waals surface area contributed by atoms with Crippen LogP contribution in [-0.4, -0.2) is 36.5 Å². The van der Waals surface area contributed by atoms with Gasteiger partial charge in [0.2, 0.25) is 0 Å². The standard InChI is InChI=1S/C12H18Br2O4/c1-11(2)15-6-8(17-11)10-7(5-9(13)14)16-12(3,4)18-10/h5,7-8,10H,6H2,1-4H3/t7-,8+,10+/m0/s1. The van der Waals surface area contributed by atoms with E-state index in [0.29, 0.717) is 6.61 Å². The number of rotatable bonds is 2. The highest BCUT2D eigenvalue weighted by Gasteiger charge is 2.48. The fraction of sp³-hybridized carbons (Fsp3) is 0.833. The zero-order valence-corrected chi connectivity index (χ0v) is 14.1. The highest BCUT2D eigenvalue weighted by atomic mass is 79.9. The van der Waals surface area contributed by atoms with Gasteiger partial charge in [-0.1, -0.05) is 0 Å². The lowest BCUT2D eigenvalue weighted by Crippen LogP contribution is -2.37. The van der Waals surface area contributed by atoms with Gasteiger partial charge < -0.3 is 18.9 Å². The molecule has 0 radical (unpaired) electrons. The lowest BCUT2D eigenvalue weighted by atomic mass is 10.1. The minimum Gasteiger partial charge on any atom is -0.348 e. The van der Waals surface area contributed by atoms with E-state index in [9.17, 15) is 0 Å². The van der Waals surface area contributed by atoms with E-state index >= 15 is 0 Å². The van der Waals surface area contributed by atoms with Gasteiger partial charge in [0, 0.05) is 0 Å². The van der Waals surface area contributed by atoms with Crippen LogP contribution < -0.4 is 0 Å². The topological polar surface area (TPSA) is 36.9 Å². The Hall–Kier alpha value is 0.540. The zero-order chi connectivity index (χ0) is 13.6. The van der Waals surface area contributed by atoms with Crippen molar-refractivity contribution in [3.8, 4) is 0 Å². The van der Waals surface area contributed by atoms with Gasteiger partial charge in [-0.2, -0.15) is 0 Å². The summed E-state index contributed by atoms with van der Waals surface area (Å²) in [4.78, 5) is 0. The Morgan fingerprint density at radius 3 is 2.22 bits per heavy atom. The molecule has 18 heavy (non-hydrogen) atoms. The van der Waals surface area contributed by atoms with Gasteiger partial charge in [-0.25, -0.2) is 0 Å². The van der Waals surface area contributed by atoms with Gasteiger partial charge in [0.05, 0.1) is 10.00 Å². The molecule has 0 bridgehead atoms. The molecule has 104 valence electrons. The van der Waals surface area contributed by atoms with E-state index in [2.05, 4.69) is 31.9 Å². The van der Waals surface area contributed by atoms with Crippen molar-refractivity contribution >= 4 is 31.9 Å². The Morgan fingerprint density at radius 2 is 1.72 bits per heavy atom. The molecule has 2 rings (SSSR count). The summed E-state index contributed by atoms with van der Waals surface area (Å²) in [6.45, 7) is 8.12. The Bertz CT molecular complexity index is 350. The van der Waals surface area contributed by atoms with Gasteiger partial charge in [-0.15, -0.1) is 0 Å². The van der Waals surface area contributed by atoms with E-state index in [-0.39, 0.29) is 18.3 Å². The van der Waals surface area contributed by atoms with Crippen molar-refractivity contribution in [2.24, 2.45) is 0 Å². The summed E-state index contributed by atoms with van der Waals surface area (Å²) in [6, 6.07) is 0. The third kappa shape index (κ3) is 3.55. The van der Waals surface area contributed by atoms with Crippen LogP contribution >= 0.6 is 31.9 Å². The van der Waals surface area contributed by atoms with Crippen LogP contribution in [0.3, 0.4) is 0 Å². The van der Waals surface area contributed by atoms with Crippen molar-refractivity contribution in [2.75, 3.05) is 6.61 Å². The largest absolute Gasteiger partial charge is 0.348 e. The van der Waals surface area contributed by atoms with Gasteiger partial charge in [0.1, 0.15) is 18.3 Å². The molecule has 6 heteroatoms. The minimum absolute atomic E-state index is 0.123. The molecule has 0 unspecified atom stereocenters. The van der Waals surface area contributed by atoms with E-state index < -0.39 is 11.6 Å². The van der Waals surface area contributed by atoms with Crippen LogP contribution in [0.5, 0.6) is 0 Å². The summed E-state index contributed by atoms with van der Waals surface area (Å²) in [5.41, 5.74) is 0. The second kappa shape index (κ2) is 5.14. The number of ether oxygens (including phenoxy) is 4. The molecule has 4 nitrogen and oxygen atoms in total. The smallest absolute Gasteiger partial charge is 0.164 e. The van der Waals surface area contributed by atoms with Crippen LogP contribution in [-0.2, 0) is 18.9 Å². The highest BCUT2D eigenvalue weighted by Crippen LogP contribution is 2.37. The molecule has 0 amide bonds. The Labute approximate surface area is 124 Å². The Balaban J connectivity index is 2.12. The average molecular weight is 386 g/mol. The molecule has 2 saturated heterocycles. The lowest BCUT2D eigenvalue weighted by molar-refractivity contribution is -0.174. The predicted molar refractivity (Wildman–Crippen MR) is 74.7 cm³/mol. The first kappa shape index (κ1) is 14.9. The molecule has 2 fully saturated rings. The number of hydrogen-bond donors (Lipinski definition) is 0. The molecule has 3 atom stereocenters. The summed E-state index contributed by atoms with van der Waals surface area (Å²) in [6.07, 6.45) is 1.46. The van der Waals surface area contributed by atoms with Crippen LogP contribution in [0.4, 0.5) is 0 Å². The summed E-state index contributed by atoms with van der Waals surface area (Å²) in [7, 11) is 0. The van der Waals surface area contributed by atoms with Crippen molar-refractivity contribution in [1.82, 2.24) is 0 Å². The monoisotopic (exact) mass is 384 g/mol. The van der Waals surface area contributed by atoms with Gasteiger partial charge >= 0.3 is 0 Å². The fourth-order valence-corrected chi connectivity index (χ4v) is 2.76. The van der Waals surface area contributed by atoms with E-state index in [1.807, 2.05) is 33.8 Å². The van der Waals surface area contributed by atoms with Crippen LogP contribution in [0.2, 0.25) is 0 Å². The quantitative estimate of drug-likeness (QED) is 0.730. The number of halogens is 2. The van der Waals surface area contributed by atoms with Crippen molar-refractivity contribution in [1.29, 1.82) is 0 Å². The van der Waals surface area contributed by atoms with Crippen LogP contribution in [0, 0.1) is 0 Å². The molecule has 0 N–H and O–H groups in total. The van der Waals surface area contributed by atoms with E-state index in [1.54, 1.807) is 0 Å². The first-order chi connectivity index (χ1) is 8.19. The second-order valence-corrected chi connectivity index (χ2v) is 8.16. The summed E-state index contributed by atoms with van der Waals surface area (Å²) >= 11 is 6.70. The molecule has 0 saturated carbocycles. The molecule has 0 aliphatic carbocycles. The van der Waals surface area contributed by atoms with Crippen molar-refractivity contribution in [2.45, 2.75) is 57.6 Å². The van der Waals surface area contributed by atoms with E-state index in [1.165, 1.54) is 0 Å². The molecular weight excluding hydrogens is 368 g/mol. The molecule has 2 aliphatic heterocycles. The highest BCUT2D eigenvalue weighted by molar-refractivity contribution is 9.28. The van der Waals surface area contributed by atoms with E-state index in [0.717, 1.165) is 3.39 Å². The van der Waals surface area contributed by atoms with Gasteiger partial charge in [0.15, 0.2) is 11.6 Å². The molecule has 0 aromatic rings. The Kier molecular flexibility index (Phi) is 4.27. The molecular formula is C12H18Br2O4. The average Bonchev–Trinajstić information content (AvgIpc) is 2.65. The zero-order valence-electron chi connectivity index (χ0n) is 10.9. The number of hydrogen-bond acceptors (Lipinski definition) is 4. The van der Waals surface area contributed by atoms with Crippen molar-refractivity contribution in [3.05, 3.63) is 9.47 Å². The maximum absolute atomic E-state index is 5.93. The molecule has 2 aliphatic rings. The fourth-order valence-electron chi connectivity index (χ4n) is 2.24. The van der Waals surface area contributed by atoms with Crippen molar-refractivity contribution in [3.63, 3.8) is 0 Å². The normalized spacial score (nSPS) is 37.8. The summed E-state index contributed by atoms with van der Waals surface area (Å²) in [5.74, 6) is -1.17. The lowest BCUT2D eigenvalue weighted by Gasteiger charge is -2.22. The SMILES string of the molecule is CC1(C)O[C@@H]([C@H]2COC(C)(C)O2)[C@H](C=C(Br)Br)O1. The summed E-state index contributed by atoms with van der Waals surface area (Å²) in [5, 5.41) is 0. The maximum atomic E-state index is 5.93. The van der Waals surface area contributed by atoms with Crippen LogP contribution in [0.1, 0.15) is 27.7 Å². The predicted octanol–water partition coefficient (Wildman–Crippen LogP) is 3.29. The summed E-state index contributed by atoms with van der Waals surface area (Å²) < 4.78 is 24.1. The van der Waals surface area contributed by atoms with Crippen LogP contribution in [0.15, 0.2) is 9.47 Å². The Morgan fingerprint density at radius 1 is 1.06 bits per heavy atom. The van der Waals surface area contributed by atoms with Gasteiger partial charge in [0.25, 0.3) is 0 Å². The first-order valence-electron chi connectivity index (χ1n) is 5.89. The van der Waals surface area contributed by atoms with Crippen LogP contribution in [0.25, 0.3) is 0 Å².